The summed E-state index contributed by atoms with van der Waals surface area (Å²) in [5.74, 6) is 0.322. The Morgan fingerprint density at radius 2 is 1.35 bits per heavy atom. The zero-order valence-corrected chi connectivity index (χ0v) is 16.5. The maximum Gasteiger partial charge on any atom is 4.00 e. The minimum Gasteiger partial charge on any atom is -1.00 e. The Balaban J connectivity index is 0.000000529. The molecule has 1 unspecified atom stereocenters. The average molecular weight is 418 g/mol. The van der Waals surface area contributed by atoms with Gasteiger partial charge in [0.1, 0.15) is 0 Å². The molecule has 3 heteroatoms. The van der Waals surface area contributed by atoms with E-state index in [1.807, 2.05) is 36.4 Å². The molecule has 0 saturated carbocycles. The van der Waals surface area contributed by atoms with Gasteiger partial charge < -0.3 is 24.8 Å². The number of benzene rings is 2. The van der Waals surface area contributed by atoms with E-state index in [2.05, 4.69) is 60.7 Å². The van der Waals surface area contributed by atoms with E-state index in [0.717, 1.165) is 0 Å². The molecule has 1 atom stereocenters. The van der Waals surface area contributed by atoms with Crippen molar-refractivity contribution in [3.05, 3.63) is 108 Å². The molecule has 3 aromatic rings. The minimum atomic E-state index is 0. The first-order valence-corrected chi connectivity index (χ1v) is 6.85. The zero-order valence-electron chi connectivity index (χ0n) is 12.5. The number of hydrogen-bond donors (Lipinski definition) is 0. The molecule has 3 aromatic carbocycles. The molecule has 0 aromatic heterocycles. The Kier molecular flexibility index (Phi) is 11.0. The first kappa shape index (κ1) is 22.0. The van der Waals surface area contributed by atoms with E-state index >= 15 is 0 Å². The van der Waals surface area contributed by atoms with Gasteiger partial charge in [-0.2, -0.15) is 23.8 Å². The molecule has 114 valence electrons. The van der Waals surface area contributed by atoms with Gasteiger partial charge >= 0.3 is 26.2 Å². The first-order valence-electron chi connectivity index (χ1n) is 6.85. The first-order chi connectivity index (χ1) is 9.95. The van der Waals surface area contributed by atoms with Crippen LogP contribution < -0.4 is 24.8 Å². The molecule has 0 aliphatic heterocycles. The van der Waals surface area contributed by atoms with Gasteiger partial charge in [-0.05, 0) is 0 Å². The number of fused-ring (bicyclic) bond motifs is 1. The fourth-order valence-corrected chi connectivity index (χ4v) is 2.41. The van der Waals surface area contributed by atoms with E-state index < -0.39 is 0 Å². The molecular formula is C20H16Cl2Zr. The van der Waals surface area contributed by atoms with Gasteiger partial charge in [0.05, 0.1) is 0 Å². The van der Waals surface area contributed by atoms with Crippen LogP contribution in [0.5, 0.6) is 0 Å². The Hall–Kier alpha value is -1.01. The van der Waals surface area contributed by atoms with Crippen LogP contribution in [-0.2, 0) is 26.2 Å². The molecule has 0 radical (unpaired) electrons. The Morgan fingerprint density at radius 1 is 0.739 bits per heavy atom. The minimum absolute atomic E-state index is 0. The quantitative estimate of drug-likeness (QED) is 0.448. The molecule has 0 saturated heterocycles. The van der Waals surface area contributed by atoms with Gasteiger partial charge in [-0.3, -0.25) is 6.08 Å². The third-order valence-corrected chi connectivity index (χ3v) is 3.40. The molecule has 0 bridgehead atoms. The van der Waals surface area contributed by atoms with E-state index in [1.54, 1.807) is 0 Å². The van der Waals surface area contributed by atoms with Gasteiger partial charge in [0.25, 0.3) is 0 Å². The topological polar surface area (TPSA) is 0 Å². The summed E-state index contributed by atoms with van der Waals surface area (Å²) in [4.78, 5) is 0. The largest absolute Gasteiger partial charge is 4.00 e. The third-order valence-electron chi connectivity index (χ3n) is 3.40. The van der Waals surface area contributed by atoms with Crippen LogP contribution in [0.1, 0.15) is 22.6 Å². The van der Waals surface area contributed by atoms with E-state index in [4.69, 9.17) is 0 Å². The summed E-state index contributed by atoms with van der Waals surface area (Å²) in [6.07, 6.45) is 5.50. The predicted molar refractivity (Wildman–Crippen MR) is 84.5 cm³/mol. The molecule has 1 aliphatic carbocycles. The zero-order chi connectivity index (χ0) is 13.6. The van der Waals surface area contributed by atoms with Crippen molar-refractivity contribution in [3.63, 3.8) is 0 Å². The second kappa shape index (κ2) is 11.5. The number of rotatable bonds is 1. The Morgan fingerprint density at radius 3 is 1.96 bits per heavy atom. The van der Waals surface area contributed by atoms with Crippen LogP contribution in [0.3, 0.4) is 0 Å². The summed E-state index contributed by atoms with van der Waals surface area (Å²) in [5.41, 5.74) is 3.98. The molecule has 1 aliphatic rings. The monoisotopic (exact) mass is 416 g/mol. The maximum absolute atomic E-state index is 3.41. The maximum atomic E-state index is 3.41. The van der Waals surface area contributed by atoms with Crippen LogP contribution in [0.15, 0.2) is 84.9 Å². The van der Waals surface area contributed by atoms with Crippen molar-refractivity contribution in [2.45, 2.75) is 5.92 Å². The van der Waals surface area contributed by atoms with Crippen LogP contribution in [-0.4, -0.2) is 0 Å². The summed E-state index contributed by atoms with van der Waals surface area (Å²) >= 11 is 0. The van der Waals surface area contributed by atoms with Gasteiger partial charge in [0.15, 0.2) is 0 Å². The summed E-state index contributed by atoms with van der Waals surface area (Å²) in [6, 6.07) is 29.0. The van der Waals surface area contributed by atoms with E-state index in [1.165, 1.54) is 16.7 Å². The molecule has 0 amide bonds. The van der Waals surface area contributed by atoms with Gasteiger partial charge in [-0.1, -0.05) is 60.0 Å². The summed E-state index contributed by atoms with van der Waals surface area (Å²) in [5, 5.41) is 0. The average Bonchev–Trinajstić information content (AvgIpc) is 3.21. The van der Waals surface area contributed by atoms with Gasteiger partial charge in [0, 0.05) is 0 Å². The molecule has 4 rings (SSSR count). The van der Waals surface area contributed by atoms with Gasteiger partial charge in [-0.15, -0.1) is 11.6 Å². The molecule has 0 fully saturated rings. The van der Waals surface area contributed by atoms with Crippen molar-refractivity contribution < 1.29 is 51.0 Å². The van der Waals surface area contributed by atoms with E-state index in [9.17, 15) is 0 Å². The normalized spacial score (nSPS) is 13.3. The van der Waals surface area contributed by atoms with Gasteiger partial charge in [0.2, 0.25) is 0 Å². The SMILES string of the molecule is [C-]1=Cc2ccccc2C1c1ccccc1.[Cl-].[Cl-].[Zr+4].c1cc[cH-]c1. The third kappa shape index (κ3) is 5.85. The Bertz CT molecular complexity index is 659. The molecule has 0 spiro atoms. The van der Waals surface area contributed by atoms with Crippen LogP contribution in [0.2, 0.25) is 0 Å². The number of halogens is 2. The molecular weight excluding hydrogens is 402 g/mol. The Labute approximate surface area is 169 Å². The fraction of sp³-hybridized carbons (Fsp3) is 0.0500. The van der Waals surface area contributed by atoms with Crippen molar-refractivity contribution in [1.82, 2.24) is 0 Å². The van der Waals surface area contributed by atoms with Crippen molar-refractivity contribution >= 4 is 6.08 Å². The second-order valence-electron chi connectivity index (χ2n) is 4.75. The smallest absolute Gasteiger partial charge is 1.00 e. The van der Waals surface area contributed by atoms with Crippen LogP contribution in [0, 0.1) is 6.08 Å². The molecule has 0 N–H and O–H groups in total. The second-order valence-corrected chi connectivity index (χ2v) is 4.75. The summed E-state index contributed by atoms with van der Waals surface area (Å²) < 4.78 is 0. The molecule has 0 nitrogen and oxygen atoms in total. The van der Waals surface area contributed by atoms with E-state index in [0.29, 0.717) is 5.92 Å². The van der Waals surface area contributed by atoms with E-state index in [-0.39, 0.29) is 51.0 Å². The predicted octanol–water partition coefficient (Wildman–Crippen LogP) is -0.941. The number of hydrogen-bond acceptors (Lipinski definition) is 0. The van der Waals surface area contributed by atoms with Crippen molar-refractivity contribution in [3.8, 4) is 0 Å². The number of allylic oxidation sites excluding steroid dienone is 1. The summed E-state index contributed by atoms with van der Waals surface area (Å²) in [6.45, 7) is 0. The van der Waals surface area contributed by atoms with Crippen LogP contribution in [0.4, 0.5) is 0 Å². The van der Waals surface area contributed by atoms with Crippen LogP contribution in [0.25, 0.3) is 6.08 Å². The van der Waals surface area contributed by atoms with Crippen molar-refractivity contribution in [2.75, 3.05) is 0 Å². The van der Waals surface area contributed by atoms with Gasteiger partial charge in [-0.25, -0.2) is 18.2 Å². The molecule has 23 heavy (non-hydrogen) atoms. The fourth-order valence-electron chi connectivity index (χ4n) is 2.41. The van der Waals surface area contributed by atoms with Crippen LogP contribution >= 0.6 is 0 Å². The standard InChI is InChI=1S/C15H11.C5H5.2ClH.Zr/c1-2-6-12(7-3-1)15-11-10-13-8-4-5-9-14(13)15;1-2-4-5-3-1;;;/h1-10,15H;1-5H;2*1H;/q2*-1;;;+4/p-2. The van der Waals surface area contributed by atoms with Crippen molar-refractivity contribution in [1.29, 1.82) is 0 Å². The van der Waals surface area contributed by atoms with Crippen molar-refractivity contribution in [2.24, 2.45) is 0 Å². The molecule has 0 heterocycles. The summed E-state index contributed by atoms with van der Waals surface area (Å²) in [7, 11) is 0.